The van der Waals surface area contributed by atoms with E-state index in [1.54, 1.807) is 11.8 Å². The summed E-state index contributed by atoms with van der Waals surface area (Å²) in [5.74, 6) is 0.143. The van der Waals surface area contributed by atoms with Gasteiger partial charge in [-0.25, -0.2) is 0 Å². The molecule has 0 aliphatic carbocycles. The van der Waals surface area contributed by atoms with Gasteiger partial charge in [0.1, 0.15) is 0 Å². The molecule has 1 aromatic rings. The van der Waals surface area contributed by atoms with Gasteiger partial charge >= 0.3 is 0 Å². The van der Waals surface area contributed by atoms with Gasteiger partial charge in [-0.05, 0) is 64.9 Å². The SMILES string of the molecule is Cc1ccc(S[C@H](C)C(=O)NCCCN2CCCCC2)cc1. The fourth-order valence-corrected chi connectivity index (χ4v) is 3.61. The average Bonchev–Trinajstić information content (AvgIpc) is 2.54. The molecule has 0 spiro atoms. The summed E-state index contributed by atoms with van der Waals surface area (Å²) < 4.78 is 0. The maximum atomic E-state index is 12.1. The molecule has 1 fully saturated rings. The number of likely N-dealkylation sites (tertiary alicyclic amines) is 1. The Kier molecular flexibility index (Phi) is 7.26. The van der Waals surface area contributed by atoms with E-state index >= 15 is 0 Å². The van der Waals surface area contributed by atoms with Crippen molar-refractivity contribution < 1.29 is 4.79 Å². The summed E-state index contributed by atoms with van der Waals surface area (Å²) in [5, 5.41) is 3.02. The molecule has 22 heavy (non-hydrogen) atoms. The van der Waals surface area contributed by atoms with E-state index in [1.165, 1.54) is 37.9 Å². The van der Waals surface area contributed by atoms with Crippen molar-refractivity contribution >= 4 is 17.7 Å². The van der Waals surface area contributed by atoms with Crippen LogP contribution in [-0.4, -0.2) is 42.2 Å². The van der Waals surface area contributed by atoms with Crippen molar-refractivity contribution in [2.24, 2.45) is 0 Å². The van der Waals surface area contributed by atoms with Crippen molar-refractivity contribution in [3.8, 4) is 0 Å². The van der Waals surface area contributed by atoms with Gasteiger partial charge in [-0.1, -0.05) is 24.1 Å². The van der Waals surface area contributed by atoms with Crippen molar-refractivity contribution in [2.75, 3.05) is 26.2 Å². The zero-order valence-corrected chi connectivity index (χ0v) is 14.6. The highest BCUT2D eigenvalue weighted by molar-refractivity contribution is 8.00. The molecule has 0 saturated carbocycles. The van der Waals surface area contributed by atoms with Gasteiger partial charge in [-0.3, -0.25) is 4.79 Å². The van der Waals surface area contributed by atoms with Crippen LogP contribution in [0.1, 0.15) is 38.2 Å². The normalized spacial score (nSPS) is 17.2. The number of aryl methyl sites for hydroxylation is 1. The predicted octanol–water partition coefficient (Wildman–Crippen LogP) is 3.47. The Morgan fingerprint density at radius 3 is 2.59 bits per heavy atom. The molecule has 1 aliphatic heterocycles. The van der Waals surface area contributed by atoms with Gasteiger partial charge in [-0.2, -0.15) is 0 Å². The van der Waals surface area contributed by atoms with Crippen LogP contribution in [0.5, 0.6) is 0 Å². The molecular weight excluding hydrogens is 292 g/mol. The zero-order valence-electron chi connectivity index (χ0n) is 13.8. The maximum absolute atomic E-state index is 12.1. The third-order valence-corrected chi connectivity index (χ3v) is 5.21. The molecule has 0 unspecified atom stereocenters. The van der Waals surface area contributed by atoms with Gasteiger partial charge in [0, 0.05) is 11.4 Å². The molecule has 122 valence electrons. The number of piperidine rings is 1. The molecule has 1 N–H and O–H groups in total. The maximum Gasteiger partial charge on any atom is 0.233 e. The molecule has 0 aromatic heterocycles. The number of rotatable bonds is 7. The first-order chi connectivity index (χ1) is 10.6. The number of nitrogens with one attached hydrogen (secondary N) is 1. The van der Waals surface area contributed by atoms with Crippen LogP contribution in [0, 0.1) is 6.92 Å². The molecule has 0 radical (unpaired) electrons. The van der Waals surface area contributed by atoms with E-state index in [0.717, 1.165) is 24.4 Å². The number of thioether (sulfide) groups is 1. The van der Waals surface area contributed by atoms with Gasteiger partial charge in [0.2, 0.25) is 5.91 Å². The minimum Gasteiger partial charge on any atom is -0.355 e. The molecule has 1 aromatic carbocycles. The number of hydrogen-bond acceptors (Lipinski definition) is 3. The number of carbonyl (C=O) groups excluding carboxylic acids is 1. The second kappa shape index (κ2) is 9.21. The van der Waals surface area contributed by atoms with Crippen LogP contribution in [0.15, 0.2) is 29.2 Å². The lowest BCUT2D eigenvalue weighted by Crippen LogP contribution is -2.35. The molecule has 0 bridgehead atoms. The summed E-state index contributed by atoms with van der Waals surface area (Å²) >= 11 is 1.62. The Morgan fingerprint density at radius 2 is 1.91 bits per heavy atom. The van der Waals surface area contributed by atoms with Crippen LogP contribution in [-0.2, 0) is 4.79 Å². The van der Waals surface area contributed by atoms with Crippen molar-refractivity contribution in [3.63, 3.8) is 0 Å². The van der Waals surface area contributed by atoms with Gasteiger partial charge in [0.25, 0.3) is 0 Å². The van der Waals surface area contributed by atoms with E-state index in [1.807, 2.05) is 6.92 Å². The summed E-state index contributed by atoms with van der Waals surface area (Å²) in [7, 11) is 0. The lowest BCUT2D eigenvalue weighted by Gasteiger charge is -2.26. The van der Waals surface area contributed by atoms with E-state index in [0.29, 0.717) is 0 Å². The van der Waals surface area contributed by atoms with Crippen molar-refractivity contribution in [1.29, 1.82) is 0 Å². The minimum atomic E-state index is -0.0438. The monoisotopic (exact) mass is 320 g/mol. The highest BCUT2D eigenvalue weighted by Crippen LogP contribution is 2.23. The third kappa shape index (κ3) is 6.01. The first-order valence-electron chi connectivity index (χ1n) is 8.38. The summed E-state index contributed by atoms with van der Waals surface area (Å²) in [6.45, 7) is 8.41. The van der Waals surface area contributed by atoms with Crippen molar-refractivity contribution in [1.82, 2.24) is 10.2 Å². The molecule has 1 aliphatic rings. The molecule has 3 nitrogen and oxygen atoms in total. The Bertz CT molecular complexity index is 455. The number of carbonyl (C=O) groups is 1. The van der Waals surface area contributed by atoms with Crippen LogP contribution in [0.2, 0.25) is 0 Å². The lowest BCUT2D eigenvalue weighted by molar-refractivity contribution is -0.120. The average molecular weight is 321 g/mol. The molecule has 1 amide bonds. The van der Waals surface area contributed by atoms with Crippen LogP contribution in [0.4, 0.5) is 0 Å². The molecule has 4 heteroatoms. The smallest absolute Gasteiger partial charge is 0.233 e. The fraction of sp³-hybridized carbons (Fsp3) is 0.611. The predicted molar refractivity (Wildman–Crippen MR) is 94.4 cm³/mol. The molecule has 1 heterocycles. The van der Waals surface area contributed by atoms with Crippen molar-refractivity contribution in [2.45, 2.75) is 49.7 Å². The number of amides is 1. The second-order valence-corrected chi connectivity index (χ2v) is 7.53. The summed E-state index contributed by atoms with van der Waals surface area (Å²) in [6.07, 6.45) is 5.09. The summed E-state index contributed by atoms with van der Waals surface area (Å²) in [5.41, 5.74) is 1.25. The quantitative estimate of drug-likeness (QED) is 0.617. The molecule has 1 atom stereocenters. The number of nitrogens with zero attached hydrogens (tertiary/aromatic N) is 1. The topological polar surface area (TPSA) is 32.3 Å². The van der Waals surface area contributed by atoms with Gasteiger partial charge < -0.3 is 10.2 Å². The van der Waals surface area contributed by atoms with E-state index in [4.69, 9.17) is 0 Å². The molecule has 2 rings (SSSR count). The van der Waals surface area contributed by atoms with E-state index in [2.05, 4.69) is 41.4 Å². The second-order valence-electron chi connectivity index (χ2n) is 6.12. The number of benzene rings is 1. The highest BCUT2D eigenvalue weighted by Gasteiger charge is 2.14. The first kappa shape index (κ1) is 17.4. The van der Waals surface area contributed by atoms with Crippen LogP contribution in [0.25, 0.3) is 0 Å². The minimum absolute atomic E-state index is 0.0438. The van der Waals surface area contributed by atoms with Crippen LogP contribution >= 0.6 is 11.8 Å². The third-order valence-electron chi connectivity index (χ3n) is 4.10. The Labute approximate surface area is 138 Å². The van der Waals surface area contributed by atoms with Gasteiger partial charge in [0.05, 0.1) is 5.25 Å². The van der Waals surface area contributed by atoms with Gasteiger partial charge in [-0.15, -0.1) is 11.8 Å². The largest absolute Gasteiger partial charge is 0.355 e. The molecular formula is C18H28N2OS. The Morgan fingerprint density at radius 1 is 1.23 bits per heavy atom. The standard InChI is InChI=1S/C18H28N2OS/c1-15-7-9-17(10-8-15)22-16(2)18(21)19-11-6-14-20-12-4-3-5-13-20/h7-10,16H,3-6,11-14H2,1-2H3,(H,19,21)/t16-/m1/s1. The zero-order chi connectivity index (χ0) is 15.8. The van der Waals surface area contributed by atoms with Crippen LogP contribution < -0.4 is 5.32 Å². The lowest BCUT2D eigenvalue weighted by atomic mass is 10.1. The van der Waals surface area contributed by atoms with E-state index < -0.39 is 0 Å². The number of hydrogen-bond donors (Lipinski definition) is 1. The Balaban J connectivity index is 1.62. The first-order valence-corrected chi connectivity index (χ1v) is 9.26. The van der Waals surface area contributed by atoms with Crippen molar-refractivity contribution in [3.05, 3.63) is 29.8 Å². The summed E-state index contributed by atoms with van der Waals surface area (Å²) in [6, 6.07) is 8.34. The van der Waals surface area contributed by atoms with E-state index in [9.17, 15) is 4.79 Å². The summed E-state index contributed by atoms with van der Waals surface area (Å²) in [4.78, 5) is 15.8. The van der Waals surface area contributed by atoms with E-state index in [-0.39, 0.29) is 11.2 Å². The molecule has 1 saturated heterocycles. The fourth-order valence-electron chi connectivity index (χ4n) is 2.72. The Hall–Kier alpha value is -1.00. The van der Waals surface area contributed by atoms with Gasteiger partial charge in [0.15, 0.2) is 0 Å². The van der Waals surface area contributed by atoms with Crippen LogP contribution in [0.3, 0.4) is 0 Å². The highest BCUT2D eigenvalue weighted by atomic mass is 32.2.